The maximum absolute atomic E-state index is 5.56. The summed E-state index contributed by atoms with van der Waals surface area (Å²) >= 11 is 1.84. The predicted molar refractivity (Wildman–Crippen MR) is 87.2 cm³/mol. The number of nitrogens with zero attached hydrogens (tertiary/aromatic N) is 3. The summed E-state index contributed by atoms with van der Waals surface area (Å²) in [7, 11) is 0. The highest BCUT2D eigenvalue weighted by molar-refractivity contribution is 7.09. The molecule has 2 aromatic heterocycles. The molecule has 4 rings (SSSR count). The van der Waals surface area contributed by atoms with Crippen LogP contribution in [0, 0.1) is 0 Å². The van der Waals surface area contributed by atoms with Crippen molar-refractivity contribution in [2.45, 2.75) is 31.7 Å². The van der Waals surface area contributed by atoms with Crippen molar-refractivity contribution >= 4 is 11.3 Å². The van der Waals surface area contributed by atoms with Crippen LogP contribution in [0.4, 0.5) is 0 Å². The molecule has 0 N–H and O–H groups in total. The van der Waals surface area contributed by atoms with Gasteiger partial charge in [-0.25, -0.2) is 9.97 Å². The summed E-state index contributed by atoms with van der Waals surface area (Å²) in [4.78, 5) is 13.2. The molecule has 116 valence electrons. The van der Waals surface area contributed by atoms with Gasteiger partial charge in [0.25, 0.3) is 0 Å². The first kappa shape index (κ1) is 14.3. The van der Waals surface area contributed by atoms with Crippen molar-refractivity contribution in [2.24, 2.45) is 0 Å². The molecule has 0 aromatic carbocycles. The second-order valence-electron chi connectivity index (χ2n) is 6.10. The van der Waals surface area contributed by atoms with Crippen molar-refractivity contribution in [3.8, 4) is 0 Å². The van der Waals surface area contributed by atoms with Crippen molar-refractivity contribution in [1.29, 1.82) is 0 Å². The zero-order chi connectivity index (χ0) is 14.8. The quantitative estimate of drug-likeness (QED) is 0.873. The van der Waals surface area contributed by atoms with Gasteiger partial charge in [0, 0.05) is 49.2 Å². The molecule has 2 aliphatic heterocycles. The van der Waals surface area contributed by atoms with Crippen LogP contribution >= 0.6 is 11.3 Å². The van der Waals surface area contributed by atoms with Crippen LogP contribution in [0.2, 0.25) is 0 Å². The fraction of sp³-hybridized carbons (Fsp3) is 0.529. The monoisotopic (exact) mass is 315 g/mol. The maximum atomic E-state index is 5.56. The summed E-state index contributed by atoms with van der Waals surface area (Å²) in [5, 5.41) is 2.16. The topological polar surface area (TPSA) is 38.2 Å². The molecule has 1 saturated heterocycles. The lowest BCUT2D eigenvalue weighted by atomic mass is 9.96. The second-order valence-corrected chi connectivity index (χ2v) is 7.13. The Balaban J connectivity index is 1.52. The summed E-state index contributed by atoms with van der Waals surface area (Å²) < 4.78 is 5.56. The van der Waals surface area contributed by atoms with E-state index in [1.165, 1.54) is 21.8 Å². The van der Waals surface area contributed by atoms with Gasteiger partial charge in [0.2, 0.25) is 0 Å². The van der Waals surface area contributed by atoms with Crippen LogP contribution in [-0.2, 0) is 24.1 Å². The van der Waals surface area contributed by atoms with Crippen molar-refractivity contribution in [3.05, 3.63) is 45.7 Å². The normalized spacial score (nSPS) is 22.5. The fourth-order valence-electron chi connectivity index (χ4n) is 3.48. The summed E-state index contributed by atoms with van der Waals surface area (Å²) in [6, 6.07) is 4.36. The van der Waals surface area contributed by atoms with E-state index >= 15 is 0 Å². The van der Waals surface area contributed by atoms with E-state index in [0.717, 1.165) is 52.1 Å². The Morgan fingerprint density at radius 1 is 1.27 bits per heavy atom. The minimum absolute atomic E-state index is 0.473. The smallest absolute Gasteiger partial charge is 0.115 e. The van der Waals surface area contributed by atoms with Crippen LogP contribution < -0.4 is 0 Å². The van der Waals surface area contributed by atoms with Gasteiger partial charge in [-0.2, -0.15) is 0 Å². The fourth-order valence-corrected chi connectivity index (χ4v) is 4.23. The highest BCUT2D eigenvalue weighted by atomic mass is 32.1. The Morgan fingerprint density at radius 2 is 2.23 bits per heavy atom. The molecule has 0 aliphatic carbocycles. The molecule has 0 bridgehead atoms. The molecule has 0 spiro atoms. The predicted octanol–water partition coefficient (Wildman–Crippen LogP) is 2.64. The zero-order valence-corrected chi connectivity index (χ0v) is 13.5. The van der Waals surface area contributed by atoms with E-state index < -0.39 is 0 Å². The SMILES string of the molecule is c1csc(CN2CCc3ncnc([C@H]4CCOC4)c3CC2)c1. The van der Waals surface area contributed by atoms with E-state index in [-0.39, 0.29) is 0 Å². The number of aromatic nitrogens is 2. The Hall–Kier alpha value is -1.30. The van der Waals surface area contributed by atoms with Crippen molar-refractivity contribution in [3.63, 3.8) is 0 Å². The van der Waals surface area contributed by atoms with Gasteiger partial charge < -0.3 is 4.74 Å². The third kappa shape index (κ3) is 2.93. The summed E-state index contributed by atoms with van der Waals surface area (Å²) in [6.45, 7) is 4.93. The van der Waals surface area contributed by atoms with Crippen LogP contribution in [0.5, 0.6) is 0 Å². The first-order valence-corrected chi connectivity index (χ1v) is 8.93. The van der Waals surface area contributed by atoms with E-state index in [1.54, 1.807) is 6.33 Å². The molecule has 1 atom stereocenters. The van der Waals surface area contributed by atoms with Crippen LogP contribution in [-0.4, -0.2) is 41.2 Å². The molecular formula is C17H21N3OS. The second kappa shape index (κ2) is 6.44. The lowest BCUT2D eigenvalue weighted by molar-refractivity contribution is 0.193. The lowest BCUT2D eigenvalue weighted by Gasteiger charge is -2.18. The van der Waals surface area contributed by atoms with Gasteiger partial charge in [0.1, 0.15) is 6.33 Å². The average Bonchev–Trinajstić information content (AvgIpc) is 3.20. The van der Waals surface area contributed by atoms with E-state index in [1.807, 2.05) is 11.3 Å². The van der Waals surface area contributed by atoms with E-state index in [9.17, 15) is 0 Å². The molecule has 5 heteroatoms. The number of fused-ring (bicyclic) bond motifs is 1. The summed E-state index contributed by atoms with van der Waals surface area (Å²) in [5.41, 5.74) is 3.90. The molecule has 4 nitrogen and oxygen atoms in total. The third-order valence-electron chi connectivity index (χ3n) is 4.69. The number of thiophene rings is 1. The first-order chi connectivity index (χ1) is 10.9. The molecule has 1 fully saturated rings. The Labute approximate surface area is 135 Å². The van der Waals surface area contributed by atoms with Gasteiger partial charge in [0.15, 0.2) is 0 Å². The molecule has 0 unspecified atom stereocenters. The third-order valence-corrected chi connectivity index (χ3v) is 5.55. The first-order valence-electron chi connectivity index (χ1n) is 8.05. The molecule has 2 aromatic rings. The van der Waals surface area contributed by atoms with Crippen LogP contribution in [0.1, 0.15) is 34.2 Å². The maximum Gasteiger partial charge on any atom is 0.115 e. The molecule has 2 aliphatic rings. The largest absolute Gasteiger partial charge is 0.381 e. The number of hydrogen-bond acceptors (Lipinski definition) is 5. The number of hydrogen-bond donors (Lipinski definition) is 0. The zero-order valence-electron chi connectivity index (χ0n) is 12.7. The Bertz CT molecular complexity index is 623. The summed E-state index contributed by atoms with van der Waals surface area (Å²) in [6.07, 6.45) is 4.95. The Kier molecular flexibility index (Phi) is 4.19. The van der Waals surface area contributed by atoms with Gasteiger partial charge in [0.05, 0.1) is 12.3 Å². The number of ether oxygens (including phenoxy) is 1. The average molecular weight is 315 g/mol. The van der Waals surface area contributed by atoms with E-state index in [2.05, 4.69) is 32.4 Å². The van der Waals surface area contributed by atoms with Crippen LogP contribution in [0.3, 0.4) is 0 Å². The minimum Gasteiger partial charge on any atom is -0.381 e. The van der Waals surface area contributed by atoms with E-state index in [4.69, 9.17) is 4.74 Å². The molecule has 4 heterocycles. The molecule has 0 amide bonds. The van der Waals surface area contributed by atoms with Crippen molar-refractivity contribution < 1.29 is 4.74 Å². The molecule has 22 heavy (non-hydrogen) atoms. The molecule has 0 radical (unpaired) electrons. The van der Waals surface area contributed by atoms with Gasteiger partial charge >= 0.3 is 0 Å². The molecular weight excluding hydrogens is 294 g/mol. The minimum atomic E-state index is 0.473. The highest BCUT2D eigenvalue weighted by Crippen LogP contribution is 2.29. The van der Waals surface area contributed by atoms with Crippen molar-refractivity contribution in [2.75, 3.05) is 26.3 Å². The number of rotatable bonds is 3. The van der Waals surface area contributed by atoms with Gasteiger partial charge in [-0.1, -0.05) is 6.07 Å². The van der Waals surface area contributed by atoms with Gasteiger partial charge in [-0.3, -0.25) is 4.90 Å². The Morgan fingerprint density at radius 3 is 3.05 bits per heavy atom. The van der Waals surface area contributed by atoms with Gasteiger partial charge in [-0.05, 0) is 29.9 Å². The van der Waals surface area contributed by atoms with Crippen molar-refractivity contribution in [1.82, 2.24) is 14.9 Å². The lowest BCUT2D eigenvalue weighted by Crippen LogP contribution is -2.25. The van der Waals surface area contributed by atoms with Crippen LogP contribution in [0.15, 0.2) is 23.8 Å². The summed E-state index contributed by atoms with van der Waals surface area (Å²) in [5.74, 6) is 0.473. The highest BCUT2D eigenvalue weighted by Gasteiger charge is 2.25. The van der Waals surface area contributed by atoms with Gasteiger partial charge in [-0.15, -0.1) is 11.3 Å². The molecule has 0 saturated carbocycles. The van der Waals surface area contributed by atoms with E-state index in [0.29, 0.717) is 5.92 Å². The van der Waals surface area contributed by atoms with Crippen LogP contribution in [0.25, 0.3) is 0 Å². The standard InChI is InChI=1S/C17H21N3OS/c1-2-14(22-9-1)10-20-6-3-15-16(4-7-20)18-12-19-17(15)13-5-8-21-11-13/h1-2,9,12-13H,3-8,10-11H2/t13-/m0/s1.